The molecule has 0 aromatic heterocycles. The fourth-order valence-electron chi connectivity index (χ4n) is 4.53. The number of rotatable bonds is 13. The molecule has 3 aromatic carbocycles. The number of ether oxygens (including phenoxy) is 5. The van der Waals surface area contributed by atoms with Gasteiger partial charge in [-0.1, -0.05) is 97.9 Å². The smallest absolute Gasteiger partial charge is 0.311 e. The molecule has 4 rings (SSSR count). The molecule has 1 saturated heterocycles. The molecule has 0 bridgehead atoms. The molecule has 1 aliphatic heterocycles. The van der Waals surface area contributed by atoms with E-state index in [0.29, 0.717) is 26.4 Å². The lowest BCUT2D eigenvalue weighted by molar-refractivity contribution is -0.251. The highest BCUT2D eigenvalue weighted by molar-refractivity contribution is 7.99. The number of thioether (sulfide) groups is 1. The van der Waals surface area contributed by atoms with E-state index in [9.17, 15) is 4.79 Å². The van der Waals surface area contributed by atoms with E-state index in [-0.39, 0.29) is 5.97 Å². The van der Waals surface area contributed by atoms with Gasteiger partial charge in [-0.15, -0.1) is 11.8 Å². The number of benzene rings is 3. The van der Waals surface area contributed by atoms with Gasteiger partial charge in [0.25, 0.3) is 0 Å². The lowest BCUT2D eigenvalue weighted by atomic mass is 9.95. The Labute approximate surface area is 248 Å². The van der Waals surface area contributed by atoms with Crippen molar-refractivity contribution < 1.29 is 28.5 Å². The highest BCUT2D eigenvalue weighted by Gasteiger charge is 2.50. The van der Waals surface area contributed by atoms with Crippen LogP contribution in [0.15, 0.2) is 91.0 Å². The molecular formula is C34H42O6S. The molecule has 1 aliphatic rings. The Balaban J connectivity index is 1.62. The summed E-state index contributed by atoms with van der Waals surface area (Å²) in [5.74, 6) is 0.481. The van der Waals surface area contributed by atoms with Crippen LogP contribution in [-0.4, -0.2) is 48.2 Å². The van der Waals surface area contributed by atoms with Crippen LogP contribution in [-0.2, 0) is 48.3 Å². The van der Waals surface area contributed by atoms with Crippen molar-refractivity contribution in [3.05, 3.63) is 108 Å². The van der Waals surface area contributed by atoms with Crippen LogP contribution >= 0.6 is 11.8 Å². The number of hydrogen-bond donors (Lipinski definition) is 0. The Morgan fingerprint density at radius 2 is 1.22 bits per heavy atom. The lowest BCUT2D eigenvalue weighted by Crippen LogP contribution is -2.61. The van der Waals surface area contributed by atoms with Gasteiger partial charge in [-0.3, -0.25) is 4.79 Å². The topological polar surface area (TPSA) is 63.2 Å². The minimum atomic E-state index is -0.679. The minimum Gasteiger partial charge on any atom is -0.455 e. The Morgan fingerprint density at radius 1 is 0.732 bits per heavy atom. The van der Waals surface area contributed by atoms with Gasteiger partial charge in [0, 0.05) is 0 Å². The van der Waals surface area contributed by atoms with Gasteiger partial charge in [0.15, 0.2) is 6.10 Å². The van der Waals surface area contributed by atoms with E-state index < -0.39 is 35.3 Å². The van der Waals surface area contributed by atoms with Crippen LogP contribution in [0.1, 0.15) is 44.4 Å². The minimum absolute atomic E-state index is 0.304. The molecule has 3 aromatic rings. The molecule has 0 amide bonds. The van der Waals surface area contributed by atoms with Crippen molar-refractivity contribution in [1.29, 1.82) is 0 Å². The van der Waals surface area contributed by atoms with Crippen molar-refractivity contribution in [3.8, 4) is 0 Å². The summed E-state index contributed by atoms with van der Waals surface area (Å²) in [6.07, 6.45) is -2.21. The normalized spacial score (nSPS) is 22.8. The molecule has 1 fully saturated rings. The SMILES string of the molecule is CCS[C@@H]1OC(COCc2ccccc2)[C@@H](OCc2ccccc2)C(OCc2ccccc2)C1OC(=O)C(C)(C)C. The van der Waals surface area contributed by atoms with Gasteiger partial charge in [0.05, 0.1) is 31.8 Å². The Kier molecular flexibility index (Phi) is 11.8. The Morgan fingerprint density at radius 3 is 1.71 bits per heavy atom. The third-order valence-corrected chi connectivity index (χ3v) is 7.78. The number of hydrogen-bond acceptors (Lipinski definition) is 7. The maximum Gasteiger partial charge on any atom is 0.311 e. The van der Waals surface area contributed by atoms with E-state index in [1.165, 1.54) is 0 Å². The van der Waals surface area contributed by atoms with Crippen LogP contribution in [0.2, 0.25) is 0 Å². The van der Waals surface area contributed by atoms with Gasteiger partial charge in [-0.05, 0) is 43.2 Å². The number of esters is 1. The van der Waals surface area contributed by atoms with Crippen LogP contribution in [0.5, 0.6) is 0 Å². The van der Waals surface area contributed by atoms with Crippen molar-refractivity contribution in [2.75, 3.05) is 12.4 Å². The van der Waals surface area contributed by atoms with Crippen molar-refractivity contribution in [2.45, 2.75) is 77.4 Å². The van der Waals surface area contributed by atoms with Crippen molar-refractivity contribution in [2.24, 2.45) is 5.41 Å². The largest absolute Gasteiger partial charge is 0.455 e. The number of carbonyl (C=O) groups is 1. The summed E-state index contributed by atoms with van der Waals surface area (Å²) < 4.78 is 32.2. The summed E-state index contributed by atoms with van der Waals surface area (Å²) in [4.78, 5) is 13.2. The molecule has 0 N–H and O–H groups in total. The lowest BCUT2D eigenvalue weighted by Gasteiger charge is -2.46. The summed E-state index contributed by atoms with van der Waals surface area (Å²) in [5.41, 5.74) is 2.03. The molecule has 0 radical (unpaired) electrons. The monoisotopic (exact) mass is 578 g/mol. The molecule has 7 heteroatoms. The third kappa shape index (κ3) is 9.42. The first-order chi connectivity index (χ1) is 19.8. The van der Waals surface area contributed by atoms with E-state index in [2.05, 4.69) is 6.92 Å². The van der Waals surface area contributed by atoms with Gasteiger partial charge in [-0.2, -0.15) is 0 Å². The summed E-state index contributed by atoms with van der Waals surface area (Å²) in [6.45, 7) is 9.09. The second-order valence-corrected chi connectivity index (χ2v) is 12.5. The van der Waals surface area contributed by atoms with Crippen molar-refractivity contribution >= 4 is 17.7 Å². The van der Waals surface area contributed by atoms with Gasteiger partial charge >= 0.3 is 5.97 Å². The van der Waals surface area contributed by atoms with Crippen LogP contribution in [0.3, 0.4) is 0 Å². The molecule has 3 unspecified atom stereocenters. The summed E-state index contributed by atoms with van der Waals surface area (Å²) in [6, 6.07) is 30.1. The maximum atomic E-state index is 13.2. The van der Waals surface area contributed by atoms with Gasteiger partial charge in [-0.25, -0.2) is 0 Å². The molecule has 6 nitrogen and oxygen atoms in total. The average Bonchev–Trinajstić information content (AvgIpc) is 2.98. The van der Waals surface area contributed by atoms with E-state index in [0.717, 1.165) is 22.4 Å². The van der Waals surface area contributed by atoms with Crippen LogP contribution < -0.4 is 0 Å². The highest BCUT2D eigenvalue weighted by atomic mass is 32.2. The molecule has 0 spiro atoms. The Hall–Kier alpha value is -2.68. The van der Waals surface area contributed by atoms with Crippen molar-refractivity contribution in [1.82, 2.24) is 0 Å². The van der Waals surface area contributed by atoms with Gasteiger partial charge in [0.2, 0.25) is 0 Å². The van der Waals surface area contributed by atoms with Gasteiger partial charge in [0.1, 0.15) is 23.7 Å². The molecule has 0 saturated carbocycles. The van der Waals surface area contributed by atoms with E-state index in [1.54, 1.807) is 11.8 Å². The molecular weight excluding hydrogens is 536 g/mol. The highest BCUT2D eigenvalue weighted by Crippen LogP contribution is 2.36. The maximum absolute atomic E-state index is 13.2. The predicted molar refractivity (Wildman–Crippen MR) is 162 cm³/mol. The van der Waals surface area contributed by atoms with Crippen LogP contribution in [0.25, 0.3) is 0 Å². The van der Waals surface area contributed by atoms with E-state index in [1.807, 2.05) is 112 Å². The standard InChI is InChI=1S/C34H42O6S/c1-5-41-32-31(40-33(35)34(2,3)4)30(38-23-27-19-13-8-14-20-27)29(37-22-26-17-11-7-12-18-26)28(39-32)24-36-21-25-15-9-6-10-16-25/h6-20,28-32H,5,21-24H2,1-4H3/t28?,29-,30?,31?,32+/m1/s1. The van der Waals surface area contributed by atoms with Gasteiger partial charge < -0.3 is 23.7 Å². The van der Waals surface area contributed by atoms with Crippen molar-refractivity contribution in [3.63, 3.8) is 0 Å². The molecule has 220 valence electrons. The van der Waals surface area contributed by atoms with E-state index in [4.69, 9.17) is 23.7 Å². The number of carbonyl (C=O) groups excluding carboxylic acids is 1. The third-order valence-electron chi connectivity index (χ3n) is 6.74. The molecule has 0 aliphatic carbocycles. The Bertz CT molecular complexity index is 1170. The second kappa shape index (κ2) is 15.5. The average molecular weight is 579 g/mol. The first kappa shape index (κ1) is 31.3. The van der Waals surface area contributed by atoms with Crippen LogP contribution in [0, 0.1) is 5.41 Å². The van der Waals surface area contributed by atoms with Crippen LogP contribution in [0.4, 0.5) is 0 Å². The fourth-order valence-corrected chi connectivity index (χ4v) is 5.48. The quantitative estimate of drug-likeness (QED) is 0.207. The zero-order valence-electron chi connectivity index (χ0n) is 24.4. The first-order valence-corrected chi connectivity index (χ1v) is 15.3. The van der Waals surface area contributed by atoms with E-state index >= 15 is 0 Å². The fraction of sp³-hybridized carbons (Fsp3) is 0.441. The zero-order valence-corrected chi connectivity index (χ0v) is 25.3. The summed E-state index contributed by atoms with van der Waals surface area (Å²) in [7, 11) is 0. The molecule has 41 heavy (non-hydrogen) atoms. The predicted octanol–water partition coefficient (Wildman–Crippen LogP) is 6.81. The molecule has 1 heterocycles. The first-order valence-electron chi connectivity index (χ1n) is 14.3. The summed E-state index contributed by atoms with van der Waals surface area (Å²) in [5, 5.41) is 0. The summed E-state index contributed by atoms with van der Waals surface area (Å²) >= 11 is 1.60. The molecule has 5 atom stereocenters. The second-order valence-electron chi connectivity index (χ2n) is 11.1. The zero-order chi connectivity index (χ0) is 29.1.